The minimum Gasteiger partial charge on any atom is -0.177 e. The van der Waals surface area contributed by atoms with Crippen LogP contribution in [0.5, 0.6) is 0 Å². The number of rotatable bonds is 4. The van der Waals surface area contributed by atoms with Gasteiger partial charge < -0.3 is 0 Å². The van der Waals surface area contributed by atoms with Crippen LogP contribution in [0.1, 0.15) is 0 Å². The van der Waals surface area contributed by atoms with E-state index in [0.29, 0.717) is 4.58 Å². The summed E-state index contributed by atoms with van der Waals surface area (Å²) in [6.07, 6.45) is 0. The van der Waals surface area contributed by atoms with E-state index in [0.717, 1.165) is 11.0 Å². The Morgan fingerprint density at radius 1 is 1.78 bits per heavy atom. The smallest absolute Gasteiger partial charge is 0.0560 e. The molecule has 0 amide bonds. The van der Waals surface area contributed by atoms with Crippen molar-refractivity contribution in [1.29, 1.82) is 0 Å². The molecule has 9 heavy (non-hydrogen) atoms. The van der Waals surface area contributed by atoms with Crippen LogP contribution in [0.15, 0.2) is 0 Å². The first kappa shape index (κ1) is 8.50. The molecule has 0 aliphatic carbocycles. The Bertz CT molecular complexity index is 81.0. The molecule has 0 aromatic carbocycles. The van der Waals surface area contributed by atoms with E-state index < -0.39 is 0 Å². The molecule has 1 heterocycles. The van der Waals surface area contributed by atoms with Crippen molar-refractivity contribution in [3.05, 3.63) is 0 Å². The zero-order valence-corrected chi connectivity index (χ0v) is 8.41. The van der Waals surface area contributed by atoms with Gasteiger partial charge >= 0.3 is 0 Å². The fourth-order valence-electron chi connectivity index (χ4n) is 0.435. The van der Waals surface area contributed by atoms with Crippen molar-refractivity contribution >= 4 is 48.8 Å². The average Bonchev–Trinajstić information content (AvgIpc) is 2.65. The molecule has 1 rings (SSSR count). The molecule has 1 saturated heterocycles. The van der Waals surface area contributed by atoms with E-state index in [1.807, 2.05) is 23.5 Å². The Morgan fingerprint density at radius 3 is 2.89 bits per heavy atom. The number of hydrogen-bond donors (Lipinski definition) is 2. The second kappa shape index (κ2) is 4.31. The van der Waals surface area contributed by atoms with Crippen LogP contribution in [0.3, 0.4) is 0 Å². The molecule has 1 fully saturated rings. The normalized spacial score (nSPS) is 28.0. The molecule has 0 N–H and O–H groups in total. The van der Waals surface area contributed by atoms with Gasteiger partial charge in [-0.2, -0.15) is 37.0 Å². The zero-order chi connectivity index (χ0) is 6.69. The van der Waals surface area contributed by atoms with Crippen LogP contribution < -0.4 is 0 Å². The largest absolute Gasteiger partial charge is 0.177 e. The van der Waals surface area contributed by atoms with Crippen LogP contribution in [0, 0.1) is 0 Å². The molecule has 2 unspecified atom stereocenters. The lowest BCUT2D eigenvalue weighted by Gasteiger charge is -2.03. The lowest BCUT2D eigenvalue weighted by Crippen LogP contribution is -1.98. The first-order valence-corrected chi connectivity index (χ1v) is 6.09. The number of thioether (sulfide) groups is 2. The van der Waals surface area contributed by atoms with Gasteiger partial charge in [0.15, 0.2) is 0 Å². The predicted octanol–water partition coefficient (Wildman–Crippen LogP) is 2.02. The third kappa shape index (κ3) is 3.96. The van der Waals surface area contributed by atoms with Crippen molar-refractivity contribution in [3.8, 4) is 0 Å². The number of hydrogen-bond acceptors (Lipinski definition) is 4. The van der Waals surface area contributed by atoms with Crippen LogP contribution in [-0.2, 0) is 0 Å². The zero-order valence-electron chi connectivity index (χ0n) is 4.99. The Labute approximate surface area is 75.7 Å². The van der Waals surface area contributed by atoms with Crippen LogP contribution in [0.2, 0.25) is 0 Å². The molecule has 0 nitrogen and oxygen atoms in total. The summed E-state index contributed by atoms with van der Waals surface area (Å²) in [5, 5.41) is 0.935. The van der Waals surface area contributed by atoms with Crippen molar-refractivity contribution in [2.24, 2.45) is 0 Å². The standard InChI is InChI=1S/C5H10S4/c6-1-5(7)9-3-4-2-8-4/h4-7H,1-3H2. The van der Waals surface area contributed by atoms with E-state index in [2.05, 4.69) is 25.3 Å². The maximum absolute atomic E-state index is 4.31. The van der Waals surface area contributed by atoms with Crippen LogP contribution in [0.4, 0.5) is 0 Å². The fraction of sp³-hybridized carbons (Fsp3) is 1.00. The Kier molecular flexibility index (Phi) is 4.07. The lowest BCUT2D eigenvalue weighted by atomic mass is 10.6. The van der Waals surface area contributed by atoms with E-state index in [1.165, 1.54) is 11.5 Å². The summed E-state index contributed by atoms with van der Waals surface area (Å²) in [4.78, 5) is 0. The predicted molar refractivity (Wildman–Crippen MR) is 55.3 cm³/mol. The molecule has 0 aromatic heterocycles. The molecule has 0 spiro atoms. The fourth-order valence-corrected chi connectivity index (χ4v) is 2.69. The first-order valence-electron chi connectivity index (χ1n) is 2.85. The highest BCUT2D eigenvalue weighted by Gasteiger charge is 2.22. The van der Waals surface area contributed by atoms with Gasteiger partial charge in [0.25, 0.3) is 0 Å². The van der Waals surface area contributed by atoms with Gasteiger partial charge in [-0.05, 0) is 0 Å². The van der Waals surface area contributed by atoms with Crippen molar-refractivity contribution < 1.29 is 0 Å². The highest BCUT2D eigenvalue weighted by Crippen LogP contribution is 2.34. The molecular weight excluding hydrogens is 188 g/mol. The summed E-state index contributed by atoms with van der Waals surface area (Å²) in [5.41, 5.74) is 0. The highest BCUT2D eigenvalue weighted by molar-refractivity contribution is 8.13. The van der Waals surface area contributed by atoms with Gasteiger partial charge in [-0.25, -0.2) is 0 Å². The lowest BCUT2D eigenvalue weighted by molar-refractivity contribution is 1.26. The van der Waals surface area contributed by atoms with E-state index in [9.17, 15) is 0 Å². The first-order chi connectivity index (χ1) is 4.33. The van der Waals surface area contributed by atoms with Gasteiger partial charge in [-0.3, -0.25) is 0 Å². The maximum Gasteiger partial charge on any atom is 0.0560 e. The molecule has 4 heteroatoms. The monoisotopic (exact) mass is 198 g/mol. The minimum atomic E-state index is 0.439. The van der Waals surface area contributed by atoms with Crippen molar-refractivity contribution in [3.63, 3.8) is 0 Å². The minimum absolute atomic E-state index is 0.439. The molecule has 0 radical (unpaired) electrons. The third-order valence-corrected chi connectivity index (χ3v) is 4.89. The van der Waals surface area contributed by atoms with Crippen LogP contribution >= 0.6 is 48.8 Å². The van der Waals surface area contributed by atoms with Gasteiger partial charge in [0.2, 0.25) is 0 Å². The van der Waals surface area contributed by atoms with E-state index >= 15 is 0 Å². The molecule has 2 atom stereocenters. The summed E-state index contributed by atoms with van der Waals surface area (Å²) >= 11 is 12.4. The van der Waals surface area contributed by atoms with E-state index in [-0.39, 0.29) is 0 Å². The quantitative estimate of drug-likeness (QED) is 0.403. The SMILES string of the molecule is SCC(S)SCC1CS1. The van der Waals surface area contributed by atoms with Gasteiger partial charge in [-0.1, -0.05) is 0 Å². The average molecular weight is 198 g/mol. The Balaban J connectivity index is 1.90. The van der Waals surface area contributed by atoms with Crippen molar-refractivity contribution in [2.75, 3.05) is 17.3 Å². The molecule has 54 valence electrons. The van der Waals surface area contributed by atoms with Gasteiger partial charge in [0, 0.05) is 22.5 Å². The van der Waals surface area contributed by atoms with Crippen molar-refractivity contribution in [1.82, 2.24) is 0 Å². The molecule has 1 aliphatic heterocycles. The summed E-state index contributed by atoms with van der Waals surface area (Å²) in [6.45, 7) is 0. The molecule has 0 bridgehead atoms. The van der Waals surface area contributed by atoms with Crippen molar-refractivity contribution in [2.45, 2.75) is 9.83 Å². The summed E-state index contributed by atoms with van der Waals surface area (Å²) in [5.74, 6) is 3.50. The van der Waals surface area contributed by atoms with Gasteiger partial charge in [-0.15, -0.1) is 11.8 Å². The van der Waals surface area contributed by atoms with Crippen LogP contribution in [0.25, 0.3) is 0 Å². The van der Waals surface area contributed by atoms with Gasteiger partial charge in [0.1, 0.15) is 0 Å². The molecule has 1 aliphatic rings. The summed E-state index contributed by atoms with van der Waals surface area (Å²) in [7, 11) is 0. The second-order valence-corrected chi connectivity index (χ2v) is 5.83. The van der Waals surface area contributed by atoms with Crippen LogP contribution in [-0.4, -0.2) is 27.1 Å². The summed E-state index contributed by atoms with van der Waals surface area (Å²) in [6, 6.07) is 0. The third-order valence-electron chi connectivity index (χ3n) is 1.03. The molecule has 0 aromatic rings. The topological polar surface area (TPSA) is 0 Å². The highest BCUT2D eigenvalue weighted by atomic mass is 32.2. The maximum atomic E-state index is 4.31. The van der Waals surface area contributed by atoms with Gasteiger partial charge in [0.05, 0.1) is 4.58 Å². The number of thiol groups is 2. The van der Waals surface area contributed by atoms with E-state index in [1.54, 1.807) is 0 Å². The Hall–Kier alpha value is 1.40. The summed E-state index contributed by atoms with van der Waals surface area (Å²) < 4.78 is 0.439. The van der Waals surface area contributed by atoms with E-state index in [4.69, 9.17) is 0 Å². The molecular formula is C5H10S4. The molecule has 0 saturated carbocycles. The second-order valence-electron chi connectivity index (χ2n) is 1.93. The Morgan fingerprint density at radius 2 is 2.44 bits per heavy atom.